The Morgan fingerprint density at radius 1 is 1.33 bits per heavy atom. The Morgan fingerprint density at radius 3 is 2.81 bits per heavy atom. The van der Waals surface area contributed by atoms with Crippen molar-refractivity contribution in [1.82, 2.24) is 35.3 Å². The first-order valence-electron chi connectivity index (χ1n) is 7.13. The number of rotatable bonds is 7. The molecule has 116 valence electrons. The maximum absolute atomic E-state index is 4.27. The zero-order valence-corrected chi connectivity index (χ0v) is 13.9. The van der Waals surface area contributed by atoms with Gasteiger partial charge in [0.2, 0.25) is 5.16 Å². The van der Waals surface area contributed by atoms with Gasteiger partial charge < -0.3 is 5.32 Å². The average molecular weight is 309 g/mol. The Kier molecular flexibility index (Phi) is 5.35. The highest BCUT2D eigenvalue weighted by Gasteiger charge is 2.11. The molecule has 0 bridgehead atoms. The van der Waals surface area contributed by atoms with E-state index in [1.807, 2.05) is 15.6 Å². The lowest BCUT2D eigenvalue weighted by atomic mass is 10.1. The highest BCUT2D eigenvalue weighted by atomic mass is 32.2. The van der Waals surface area contributed by atoms with Gasteiger partial charge in [0.05, 0.1) is 12.7 Å². The molecule has 0 radical (unpaired) electrons. The molecule has 1 N–H and O–H groups in total. The topological polar surface area (TPSA) is 73.5 Å². The molecule has 21 heavy (non-hydrogen) atoms. The van der Waals surface area contributed by atoms with Crippen LogP contribution in [-0.4, -0.2) is 42.1 Å². The summed E-state index contributed by atoms with van der Waals surface area (Å²) in [6, 6.07) is 0. The maximum atomic E-state index is 4.27. The van der Waals surface area contributed by atoms with Crippen LogP contribution in [0.2, 0.25) is 0 Å². The second kappa shape index (κ2) is 7.04. The first-order chi connectivity index (χ1) is 9.98. The van der Waals surface area contributed by atoms with E-state index >= 15 is 0 Å². The number of aromatic nitrogens is 6. The van der Waals surface area contributed by atoms with Crippen LogP contribution < -0.4 is 5.32 Å². The molecule has 2 rings (SSSR count). The molecule has 0 atom stereocenters. The molecule has 0 unspecified atom stereocenters. The number of nitrogens with zero attached hydrogens (tertiary/aromatic N) is 6. The summed E-state index contributed by atoms with van der Waals surface area (Å²) in [4.78, 5) is 0. The second-order valence-corrected chi connectivity index (χ2v) is 6.80. The van der Waals surface area contributed by atoms with Crippen molar-refractivity contribution < 1.29 is 0 Å². The molecule has 0 saturated carbocycles. The van der Waals surface area contributed by atoms with E-state index in [-0.39, 0.29) is 5.54 Å². The van der Waals surface area contributed by atoms with Gasteiger partial charge in [0.25, 0.3) is 0 Å². The number of nitrogens with one attached hydrogen (secondary N) is 1. The quantitative estimate of drug-likeness (QED) is 0.783. The number of aryl methyl sites for hydroxylation is 1. The number of hydrogen-bond acceptors (Lipinski definition) is 6. The number of tetrazole rings is 1. The summed E-state index contributed by atoms with van der Waals surface area (Å²) < 4.78 is 3.76. The molecule has 0 aromatic carbocycles. The molecular formula is C13H23N7S. The van der Waals surface area contributed by atoms with Crippen molar-refractivity contribution in [3.63, 3.8) is 0 Å². The summed E-state index contributed by atoms with van der Waals surface area (Å²) in [7, 11) is 0. The highest BCUT2D eigenvalue weighted by molar-refractivity contribution is 7.98. The van der Waals surface area contributed by atoms with Gasteiger partial charge in [-0.05, 0) is 38.1 Å². The molecular weight excluding hydrogens is 286 g/mol. The van der Waals surface area contributed by atoms with Gasteiger partial charge in [-0.25, -0.2) is 4.68 Å². The van der Waals surface area contributed by atoms with Gasteiger partial charge in [0.15, 0.2) is 0 Å². The highest BCUT2D eigenvalue weighted by Crippen LogP contribution is 2.19. The largest absolute Gasteiger partial charge is 0.310 e. The molecule has 2 heterocycles. The van der Waals surface area contributed by atoms with Crippen LogP contribution >= 0.6 is 11.8 Å². The van der Waals surface area contributed by atoms with Crippen LogP contribution in [-0.2, 0) is 18.8 Å². The lowest BCUT2D eigenvalue weighted by Gasteiger charge is -2.20. The SMILES string of the molecule is CCn1cc(CSc2nnnn2CCNC(C)(C)C)cn1. The van der Waals surface area contributed by atoms with Crippen LogP contribution in [0.25, 0.3) is 0 Å². The minimum Gasteiger partial charge on any atom is -0.310 e. The molecule has 2 aromatic heterocycles. The molecule has 0 spiro atoms. The molecule has 0 aliphatic rings. The lowest BCUT2D eigenvalue weighted by molar-refractivity contribution is 0.396. The fourth-order valence-corrected chi connectivity index (χ4v) is 2.59. The Morgan fingerprint density at radius 2 is 2.14 bits per heavy atom. The molecule has 0 amide bonds. The molecule has 0 aliphatic carbocycles. The van der Waals surface area contributed by atoms with Crippen LogP contribution in [0.15, 0.2) is 17.6 Å². The van der Waals surface area contributed by atoms with Crippen LogP contribution in [0.3, 0.4) is 0 Å². The summed E-state index contributed by atoms with van der Waals surface area (Å²) in [6.45, 7) is 11.0. The molecule has 7 nitrogen and oxygen atoms in total. The fourth-order valence-electron chi connectivity index (χ4n) is 1.78. The van der Waals surface area contributed by atoms with Gasteiger partial charge in [-0.15, -0.1) is 5.10 Å². The predicted molar refractivity (Wildman–Crippen MR) is 83.0 cm³/mol. The normalized spacial score (nSPS) is 12.0. The Balaban J connectivity index is 1.85. The third-order valence-corrected chi connectivity index (χ3v) is 3.88. The minimum atomic E-state index is 0.107. The van der Waals surface area contributed by atoms with Gasteiger partial charge in [-0.2, -0.15) is 5.10 Å². The summed E-state index contributed by atoms with van der Waals surface area (Å²) in [5.74, 6) is 0.826. The van der Waals surface area contributed by atoms with Crippen molar-refractivity contribution in [3.8, 4) is 0 Å². The first kappa shape index (κ1) is 16.0. The molecule has 2 aromatic rings. The van der Waals surface area contributed by atoms with Gasteiger partial charge in [0, 0.05) is 36.1 Å². The van der Waals surface area contributed by atoms with E-state index in [0.717, 1.165) is 30.5 Å². The van der Waals surface area contributed by atoms with Crippen LogP contribution in [0.4, 0.5) is 0 Å². The van der Waals surface area contributed by atoms with Crippen molar-refractivity contribution in [1.29, 1.82) is 0 Å². The van der Waals surface area contributed by atoms with Crippen molar-refractivity contribution in [3.05, 3.63) is 18.0 Å². The van der Waals surface area contributed by atoms with Crippen molar-refractivity contribution in [2.24, 2.45) is 0 Å². The van der Waals surface area contributed by atoms with Crippen molar-refractivity contribution in [2.45, 2.75) is 57.2 Å². The van der Waals surface area contributed by atoms with Crippen molar-refractivity contribution in [2.75, 3.05) is 6.54 Å². The lowest BCUT2D eigenvalue weighted by Crippen LogP contribution is -2.38. The van der Waals surface area contributed by atoms with E-state index in [9.17, 15) is 0 Å². The summed E-state index contributed by atoms with van der Waals surface area (Å²) in [6.07, 6.45) is 3.95. The van der Waals surface area contributed by atoms with E-state index in [4.69, 9.17) is 0 Å². The summed E-state index contributed by atoms with van der Waals surface area (Å²) in [5.41, 5.74) is 1.29. The summed E-state index contributed by atoms with van der Waals surface area (Å²) in [5, 5.41) is 20.4. The zero-order chi connectivity index (χ0) is 15.3. The molecule has 0 aliphatic heterocycles. The monoisotopic (exact) mass is 309 g/mol. The number of hydrogen-bond donors (Lipinski definition) is 1. The Hall–Kier alpha value is -1.41. The van der Waals surface area contributed by atoms with Gasteiger partial charge >= 0.3 is 0 Å². The number of thioether (sulfide) groups is 1. The van der Waals surface area contributed by atoms with Crippen LogP contribution in [0, 0.1) is 0 Å². The molecule has 0 fully saturated rings. The third-order valence-electron chi connectivity index (χ3n) is 2.86. The minimum absolute atomic E-state index is 0.107. The van der Waals surface area contributed by atoms with Crippen molar-refractivity contribution >= 4 is 11.8 Å². The molecule has 0 saturated heterocycles. The molecule has 8 heteroatoms. The Labute approximate surface area is 129 Å². The Bertz CT molecular complexity index is 555. The third kappa shape index (κ3) is 5.13. The summed E-state index contributed by atoms with van der Waals surface area (Å²) >= 11 is 1.63. The zero-order valence-electron chi connectivity index (χ0n) is 13.1. The van der Waals surface area contributed by atoms with Gasteiger partial charge in [-0.1, -0.05) is 11.8 Å². The standard InChI is InChI=1S/C13H23N7S/c1-5-19-9-11(8-15-19)10-21-12-16-17-18-20(12)7-6-14-13(2,3)4/h8-9,14H,5-7,10H2,1-4H3. The van der Waals surface area contributed by atoms with Gasteiger partial charge in [-0.3, -0.25) is 4.68 Å². The van der Waals surface area contributed by atoms with Crippen LogP contribution in [0.1, 0.15) is 33.3 Å². The van der Waals surface area contributed by atoms with E-state index in [1.54, 1.807) is 11.8 Å². The van der Waals surface area contributed by atoms with E-state index < -0.39 is 0 Å². The predicted octanol–water partition coefficient (Wildman–Crippen LogP) is 1.57. The first-order valence-corrected chi connectivity index (χ1v) is 8.12. The smallest absolute Gasteiger partial charge is 0.209 e. The average Bonchev–Trinajstić information content (AvgIpc) is 3.03. The fraction of sp³-hybridized carbons (Fsp3) is 0.692. The van der Waals surface area contributed by atoms with E-state index in [2.05, 4.69) is 59.8 Å². The van der Waals surface area contributed by atoms with E-state index in [0.29, 0.717) is 0 Å². The van der Waals surface area contributed by atoms with Gasteiger partial charge in [0.1, 0.15) is 0 Å². The van der Waals surface area contributed by atoms with E-state index in [1.165, 1.54) is 5.56 Å². The van der Waals surface area contributed by atoms with Crippen LogP contribution in [0.5, 0.6) is 0 Å². The maximum Gasteiger partial charge on any atom is 0.209 e. The second-order valence-electron chi connectivity index (χ2n) is 5.85.